The molecule has 5 heteroatoms. The third-order valence-corrected chi connectivity index (χ3v) is 3.25. The third kappa shape index (κ3) is 4.98. The van der Waals surface area contributed by atoms with Crippen molar-refractivity contribution >= 4 is 17.9 Å². The van der Waals surface area contributed by atoms with E-state index in [4.69, 9.17) is 4.74 Å². The summed E-state index contributed by atoms with van der Waals surface area (Å²) in [5.41, 5.74) is 7.06. The van der Waals surface area contributed by atoms with Gasteiger partial charge in [0.25, 0.3) is 11.8 Å². The van der Waals surface area contributed by atoms with Crippen LogP contribution in [0.4, 0.5) is 0 Å². The first-order chi connectivity index (χ1) is 11.6. The maximum atomic E-state index is 11.9. The van der Waals surface area contributed by atoms with Crippen LogP contribution in [0.25, 0.3) is 6.08 Å². The van der Waals surface area contributed by atoms with Crippen LogP contribution in [0.2, 0.25) is 0 Å². The Morgan fingerprint density at radius 2 is 1.75 bits per heavy atom. The van der Waals surface area contributed by atoms with Crippen LogP contribution in [0.1, 0.15) is 28.4 Å². The van der Waals surface area contributed by atoms with E-state index in [1.54, 1.807) is 18.2 Å². The lowest BCUT2D eigenvalue weighted by Gasteiger charge is -2.07. The van der Waals surface area contributed by atoms with Crippen molar-refractivity contribution in [2.45, 2.75) is 13.8 Å². The number of amides is 2. The van der Waals surface area contributed by atoms with Crippen molar-refractivity contribution in [3.05, 3.63) is 71.3 Å². The molecule has 0 heterocycles. The third-order valence-electron chi connectivity index (χ3n) is 3.25. The summed E-state index contributed by atoms with van der Waals surface area (Å²) in [6.07, 6.45) is 2.98. The molecule has 2 aromatic rings. The van der Waals surface area contributed by atoms with Crippen molar-refractivity contribution in [1.82, 2.24) is 10.9 Å². The zero-order valence-corrected chi connectivity index (χ0v) is 13.7. The number of hydrazine groups is 1. The molecule has 0 saturated heterocycles. The number of hydrogen-bond acceptors (Lipinski definition) is 3. The molecule has 0 aliphatic carbocycles. The monoisotopic (exact) mass is 324 g/mol. The molecule has 0 spiro atoms. The first-order valence-corrected chi connectivity index (χ1v) is 7.67. The summed E-state index contributed by atoms with van der Waals surface area (Å²) in [7, 11) is 0. The van der Waals surface area contributed by atoms with E-state index in [1.165, 1.54) is 6.08 Å². The Kier molecular flexibility index (Phi) is 6.14. The summed E-state index contributed by atoms with van der Waals surface area (Å²) >= 11 is 0. The lowest BCUT2D eigenvalue weighted by Crippen LogP contribution is -2.40. The van der Waals surface area contributed by atoms with Gasteiger partial charge in [0, 0.05) is 17.2 Å². The average molecular weight is 324 g/mol. The number of hydrogen-bond donors (Lipinski definition) is 2. The first kappa shape index (κ1) is 17.3. The fraction of sp³-hybridized carbons (Fsp3) is 0.158. The second kappa shape index (κ2) is 8.53. The van der Waals surface area contributed by atoms with Crippen LogP contribution in [0.15, 0.2) is 54.6 Å². The van der Waals surface area contributed by atoms with Crippen molar-refractivity contribution in [3.8, 4) is 5.75 Å². The van der Waals surface area contributed by atoms with Gasteiger partial charge < -0.3 is 4.74 Å². The maximum absolute atomic E-state index is 11.9. The molecule has 2 rings (SSSR count). The number of para-hydroxylation sites is 1. The SMILES string of the molecule is CCOc1ccccc1/C=C/C(=O)NNC(=O)c1ccc(C)cc1. The first-order valence-electron chi connectivity index (χ1n) is 7.67. The molecule has 0 atom stereocenters. The molecule has 24 heavy (non-hydrogen) atoms. The van der Waals surface area contributed by atoms with Crippen molar-refractivity contribution in [1.29, 1.82) is 0 Å². The van der Waals surface area contributed by atoms with Gasteiger partial charge in [0.05, 0.1) is 6.61 Å². The highest BCUT2D eigenvalue weighted by atomic mass is 16.5. The molecule has 0 fully saturated rings. The Hall–Kier alpha value is -3.08. The summed E-state index contributed by atoms with van der Waals surface area (Å²) in [5.74, 6) is -0.0963. The Morgan fingerprint density at radius 1 is 1.04 bits per heavy atom. The van der Waals surface area contributed by atoms with Gasteiger partial charge in [-0.1, -0.05) is 35.9 Å². The minimum absolute atomic E-state index is 0.369. The summed E-state index contributed by atoms with van der Waals surface area (Å²) < 4.78 is 5.48. The van der Waals surface area contributed by atoms with Crippen LogP contribution in [-0.4, -0.2) is 18.4 Å². The van der Waals surface area contributed by atoms with E-state index in [0.717, 1.165) is 11.1 Å². The molecule has 0 aliphatic rings. The van der Waals surface area contributed by atoms with Crippen LogP contribution in [0, 0.1) is 6.92 Å². The Balaban J connectivity index is 1.91. The topological polar surface area (TPSA) is 67.4 Å². The molecular weight excluding hydrogens is 304 g/mol. The quantitative estimate of drug-likeness (QED) is 0.656. The van der Waals surface area contributed by atoms with Crippen LogP contribution >= 0.6 is 0 Å². The van der Waals surface area contributed by atoms with Gasteiger partial charge in [-0.05, 0) is 38.1 Å². The zero-order valence-electron chi connectivity index (χ0n) is 13.7. The maximum Gasteiger partial charge on any atom is 0.269 e. The largest absolute Gasteiger partial charge is 0.493 e. The van der Waals surface area contributed by atoms with Crippen LogP contribution in [0.5, 0.6) is 5.75 Å². The molecular formula is C19H20N2O3. The molecule has 5 nitrogen and oxygen atoms in total. The predicted octanol–water partition coefficient (Wildman–Crippen LogP) is 2.87. The van der Waals surface area contributed by atoms with E-state index >= 15 is 0 Å². The van der Waals surface area contributed by atoms with Gasteiger partial charge in [-0.25, -0.2) is 0 Å². The fourth-order valence-electron chi connectivity index (χ4n) is 2.01. The molecule has 124 valence electrons. The highest BCUT2D eigenvalue weighted by Crippen LogP contribution is 2.19. The van der Waals surface area contributed by atoms with Gasteiger partial charge in [0.1, 0.15) is 5.75 Å². The summed E-state index contributed by atoms with van der Waals surface area (Å²) in [6, 6.07) is 14.5. The Labute approximate surface area is 141 Å². The number of benzene rings is 2. The van der Waals surface area contributed by atoms with Crippen LogP contribution < -0.4 is 15.6 Å². The molecule has 0 bridgehead atoms. The van der Waals surface area contributed by atoms with Crippen molar-refractivity contribution < 1.29 is 14.3 Å². The van der Waals surface area contributed by atoms with Crippen LogP contribution in [0.3, 0.4) is 0 Å². The minimum atomic E-state index is -0.429. The molecule has 0 saturated carbocycles. The second-order valence-electron chi connectivity index (χ2n) is 5.11. The molecule has 0 aliphatic heterocycles. The predicted molar refractivity (Wildman–Crippen MR) is 93.4 cm³/mol. The van der Waals surface area contributed by atoms with E-state index in [-0.39, 0.29) is 5.91 Å². The molecule has 2 aromatic carbocycles. The molecule has 2 amide bonds. The number of aryl methyl sites for hydroxylation is 1. The standard InChI is InChI=1S/C19H20N2O3/c1-3-24-17-7-5-4-6-15(17)12-13-18(22)20-21-19(23)16-10-8-14(2)9-11-16/h4-13H,3H2,1-2H3,(H,20,22)(H,21,23)/b13-12+. The lowest BCUT2D eigenvalue weighted by atomic mass is 10.1. The number of nitrogens with one attached hydrogen (secondary N) is 2. The number of carbonyl (C=O) groups excluding carboxylic acids is 2. The van der Waals surface area contributed by atoms with E-state index < -0.39 is 5.91 Å². The van der Waals surface area contributed by atoms with Gasteiger partial charge in [0.2, 0.25) is 0 Å². The van der Waals surface area contributed by atoms with Crippen molar-refractivity contribution in [3.63, 3.8) is 0 Å². The minimum Gasteiger partial charge on any atom is -0.493 e. The van der Waals surface area contributed by atoms with Gasteiger partial charge in [0.15, 0.2) is 0 Å². The zero-order chi connectivity index (χ0) is 17.4. The highest BCUT2D eigenvalue weighted by Gasteiger charge is 2.05. The average Bonchev–Trinajstić information content (AvgIpc) is 2.60. The Bertz CT molecular complexity index is 737. The fourth-order valence-corrected chi connectivity index (χ4v) is 2.01. The van der Waals surface area contributed by atoms with Crippen molar-refractivity contribution in [2.75, 3.05) is 6.61 Å². The summed E-state index contributed by atoms with van der Waals surface area (Å²) in [6.45, 7) is 4.38. The van der Waals surface area contributed by atoms with E-state index in [2.05, 4.69) is 10.9 Å². The number of rotatable bonds is 5. The second-order valence-corrected chi connectivity index (χ2v) is 5.11. The molecule has 2 N–H and O–H groups in total. The normalized spacial score (nSPS) is 10.4. The summed E-state index contributed by atoms with van der Waals surface area (Å²) in [5, 5.41) is 0. The molecule has 0 unspecified atom stereocenters. The number of ether oxygens (including phenoxy) is 1. The Morgan fingerprint density at radius 3 is 2.46 bits per heavy atom. The highest BCUT2D eigenvalue weighted by molar-refractivity contribution is 5.98. The van der Waals surface area contributed by atoms with Gasteiger partial charge >= 0.3 is 0 Å². The van der Waals surface area contributed by atoms with Gasteiger partial charge in [-0.2, -0.15) is 0 Å². The van der Waals surface area contributed by atoms with Gasteiger partial charge in [-0.3, -0.25) is 20.4 Å². The lowest BCUT2D eigenvalue weighted by molar-refractivity contribution is -0.117. The molecule has 0 aromatic heterocycles. The van der Waals surface area contributed by atoms with Crippen molar-refractivity contribution in [2.24, 2.45) is 0 Å². The van der Waals surface area contributed by atoms with E-state index in [9.17, 15) is 9.59 Å². The van der Waals surface area contributed by atoms with E-state index in [1.807, 2.05) is 50.2 Å². The molecule has 0 radical (unpaired) electrons. The van der Waals surface area contributed by atoms with Gasteiger partial charge in [-0.15, -0.1) is 0 Å². The number of carbonyl (C=O) groups is 2. The smallest absolute Gasteiger partial charge is 0.269 e. The van der Waals surface area contributed by atoms with E-state index in [0.29, 0.717) is 17.9 Å². The summed E-state index contributed by atoms with van der Waals surface area (Å²) in [4.78, 5) is 23.7. The van der Waals surface area contributed by atoms with Crippen LogP contribution in [-0.2, 0) is 4.79 Å².